The Morgan fingerprint density at radius 3 is 2.95 bits per heavy atom. The topological polar surface area (TPSA) is 97.8 Å². The quantitative estimate of drug-likeness (QED) is 0.796. The lowest BCUT2D eigenvalue weighted by Crippen LogP contribution is -2.49. The number of carbonyl (C=O) groups excluding carboxylic acids is 3. The van der Waals surface area contributed by atoms with Gasteiger partial charge in [-0.15, -0.1) is 11.3 Å². The molecule has 0 bridgehead atoms. The summed E-state index contributed by atoms with van der Waals surface area (Å²) >= 11 is 1.17. The maximum Gasteiger partial charge on any atom is 0.336 e. The molecule has 0 saturated carbocycles. The summed E-state index contributed by atoms with van der Waals surface area (Å²) in [5.41, 5.74) is 0.231. The van der Waals surface area contributed by atoms with Crippen LogP contribution in [0.1, 0.15) is 17.4 Å². The molecular weight excluding hydrogens is 298 g/mol. The van der Waals surface area contributed by atoms with E-state index in [1.165, 1.54) is 30.3 Å². The third-order valence-corrected chi connectivity index (χ3v) is 3.58. The first-order valence-electron chi connectivity index (χ1n) is 6.23. The van der Waals surface area contributed by atoms with Crippen LogP contribution >= 0.6 is 11.3 Å². The van der Waals surface area contributed by atoms with Crippen molar-refractivity contribution >= 4 is 34.3 Å². The van der Waals surface area contributed by atoms with Crippen LogP contribution in [0.5, 0.6) is 0 Å². The molecule has 2 amide bonds. The predicted octanol–water partition coefficient (Wildman–Crippen LogP) is 0.115. The molecular formula is C12H15N3O5S. The normalized spacial score (nSPS) is 18.2. The molecule has 1 N–H and O–H groups in total. The summed E-state index contributed by atoms with van der Waals surface area (Å²) in [6.07, 6.45) is -0.777. The van der Waals surface area contributed by atoms with Gasteiger partial charge in [-0.25, -0.2) is 9.78 Å². The van der Waals surface area contributed by atoms with E-state index >= 15 is 0 Å². The maximum atomic E-state index is 12.3. The Morgan fingerprint density at radius 2 is 2.29 bits per heavy atom. The van der Waals surface area contributed by atoms with E-state index in [1.807, 2.05) is 0 Å². The second-order valence-electron chi connectivity index (χ2n) is 4.35. The first-order valence-corrected chi connectivity index (χ1v) is 7.11. The molecule has 21 heavy (non-hydrogen) atoms. The van der Waals surface area contributed by atoms with E-state index in [0.717, 1.165) is 0 Å². The molecule has 1 saturated heterocycles. The zero-order chi connectivity index (χ0) is 15.4. The molecule has 0 aliphatic carbocycles. The number of methoxy groups -OCH3 is 1. The van der Waals surface area contributed by atoms with E-state index < -0.39 is 12.1 Å². The Bertz CT molecular complexity index is 559. The van der Waals surface area contributed by atoms with Crippen LogP contribution in [0.15, 0.2) is 5.38 Å². The first kappa shape index (κ1) is 15.4. The molecule has 8 nitrogen and oxygen atoms in total. The number of anilines is 1. The average Bonchev–Trinajstić information content (AvgIpc) is 2.93. The summed E-state index contributed by atoms with van der Waals surface area (Å²) in [7, 11) is 1.27. The van der Waals surface area contributed by atoms with Crippen molar-refractivity contribution in [3.05, 3.63) is 11.1 Å². The van der Waals surface area contributed by atoms with Crippen LogP contribution in [-0.2, 0) is 19.1 Å². The van der Waals surface area contributed by atoms with Gasteiger partial charge in [0, 0.05) is 18.8 Å². The summed E-state index contributed by atoms with van der Waals surface area (Å²) in [6.45, 7) is 2.12. The standard InChI is InChI=1S/C12H15N3O5S/c1-7(16)13-12-14-8(6-21-12)10(17)15-3-4-20-9(5-15)11(18)19-2/h6,9H,3-5H2,1-2H3,(H,13,14,16). The van der Waals surface area contributed by atoms with Gasteiger partial charge in [-0.05, 0) is 0 Å². The Balaban J connectivity index is 2.03. The average molecular weight is 313 g/mol. The van der Waals surface area contributed by atoms with E-state index in [9.17, 15) is 14.4 Å². The van der Waals surface area contributed by atoms with Gasteiger partial charge in [0.15, 0.2) is 11.2 Å². The van der Waals surface area contributed by atoms with E-state index in [2.05, 4.69) is 15.0 Å². The minimum Gasteiger partial charge on any atom is -0.467 e. The van der Waals surface area contributed by atoms with Gasteiger partial charge in [0.1, 0.15) is 5.69 Å². The molecule has 0 aromatic carbocycles. The number of esters is 1. The number of ether oxygens (including phenoxy) is 2. The molecule has 0 radical (unpaired) electrons. The highest BCUT2D eigenvalue weighted by atomic mass is 32.1. The molecule has 114 valence electrons. The molecule has 1 aromatic rings. The largest absolute Gasteiger partial charge is 0.467 e. The Labute approximate surface area is 125 Å². The zero-order valence-electron chi connectivity index (χ0n) is 11.6. The fourth-order valence-corrected chi connectivity index (χ4v) is 2.58. The summed E-state index contributed by atoms with van der Waals surface area (Å²) in [5.74, 6) is -1.06. The number of aromatic nitrogens is 1. The van der Waals surface area contributed by atoms with Gasteiger partial charge in [0.25, 0.3) is 5.91 Å². The predicted molar refractivity (Wildman–Crippen MR) is 74.1 cm³/mol. The number of rotatable bonds is 3. The summed E-state index contributed by atoms with van der Waals surface area (Å²) in [4.78, 5) is 40.2. The number of nitrogens with one attached hydrogen (secondary N) is 1. The van der Waals surface area contributed by atoms with Crippen molar-refractivity contribution < 1.29 is 23.9 Å². The van der Waals surface area contributed by atoms with Gasteiger partial charge in [0.2, 0.25) is 5.91 Å². The highest BCUT2D eigenvalue weighted by molar-refractivity contribution is 7.14. The number of hydrogen-bond acceptors (Lipinski definition) is 7. The molecule has 1 fully saturated rings. The monoisotopic (exact) mass is 313 g/mol. The van der Waals surface area contributed by atoms with E-state index in [0.29, 0.717) is 11.7 Å². The lowest BCUT2D eigenvalue weighted by atomic mass is 10.2. The molecule has 2 rings (SSSR count). The van der Waals surface area contributed by atoms with Gasteiger partial charge < -0.3 is 19.7 Å². The summed E-state index contributed by atoms with van der Waals surface area (Å²) in [5, 5.41) is 4.45. The van der Waals surface area contributed by atoms with Gasteiger partial charge in [0.05, 0.1) is 20.3 Å². The van der Waals surface area contributed by atoms with Gasteiger partial charge in [-0.1, -0.05) is 0 Å². The number of thiazole rings is 1. The fourth-order valence-electron chi connectivity index (χ4n) is 1.85. The molecule has 1 unspecified atom stereocenters. The van der Waals surface area contributed by atoms with Crippen molar-refractivity contribution in [2.75, 3.05) is 32.1 Å². The second-order valence-corrected chi connectivity index (χ2v) is 5.21. The SMILES string of the molecule is COC(=O)C1CN(C(=O)c2csc(NC(C)=O)n2)CCO1. The Kier molecular flexibility index (Phi) is 4.86. The van der Waals surface area contributed by atoms with Crippen LogP contribution in [-0.4, -0.2) is 60.6 Å². The van der Waals surface area contributed by atoms with Crippen LogP contribution in [0.4, 0.5) is 5.13 Å². The summed E-state index contributed by atoms with van der Waals surface area (Å²) < 4.78 is 9.87. The third kappa shape index (κ3) is 3.76. The van der Waals surface area contributed by atoms with E-state index in [4.69, 9.17) is 4.74 Å². The minimum absolute atomic E-state index is 0.124. The van der Waals surface area contributed by atoms with Crippen LogP contribution in [0.3, 0.4) is 0 Å². The fraction of sp³-hybridized carbons (Fsp3) is 0.500. The number of amides is 2. The smallest absolute Gasteiger partial charge is 0.336 e. The Hall–Kier alpha value is -2.00. The van der Waals surface area contributed by atoms with Gasteiger partial charge in [-0.3, -0.25) is 9.59 Å². The Morgan fingerprint density at radius 1 is 1.52 bits per heavy atom. The lowest BCUT2D eigenvalue weighted by Gasteiger charge is -2.30. The van der Waals surface area contributed by atoms with Crippen LogP contribution in [0, 0.1) is 0 Å². The number of hydrogen-bond donors (Lipinski definition) is 1. The molecule has 1 aliphatic heterocycles. The number of carbonyl (C=O) groups is 3. The molecule has 1 aromatic heterocycles. The second kappa shape index (κ2) is 6.64. The van der Waals surface area contributed by atoms with Crippen LogP contribution in [0.2, 0.25) is 0 Å². The first-order chi connectivity index (χ1) is 10.0. The highest BCUT2D eigenvalue weighted by Gasteiger charge is 2.31. The molecule has 1 aliphatic rings. The van der Waals surface area contributed by atoms with Crippen molar-refractivity contribution in [2.24, 2.45) is 0 Å². The van der Waals surface area contributed by atoms with E-state index in [-0.39, 0.29) is 30.7 Å². The van der Waals surface area contributed by atoms with E-state index in [1.54, 1.807) is 5.38 Å². The van der Waals surface area contributed by atoms with Crippen molar-refractivity contribution in [3.63, 3.8) is 0 Å². The maximum absolute atomic E-state index is 12.3. The lowest BCUT2D eigenvalue weighted by molar-refractivity contribution is -0.158. The third-order valence-electron chi connectivity index (χ3n) is 2.82. The van der Waals surface area contributed by atoms with Crippen LogP contribution in [0.25, 0.3) is 0 Å². The number of nitrogens with zero attached hydrogens (tertiary/aromatic N) is 2. The molecule has 9 heteroatoms. The van der Waals surface area contributed by atoms with Crippen molar-refractivity contribution in [3.8, 4) is 0 Å². The molecule has 1 atom stereocenters. The van der Waals surface area contributed by atoms with Gasteiger partial charge >= 0.3 is 5.97 Å². The zero-order valence-corrected chi connectivity index (χ0v) is 12.4. The minimum atomic E-state index is -0.777. The van der Waals surface area contributed by atoms with Gasteiger partial charge in [-0.2, -0.15) is 0 Å². The van der Waals surface area contributed by atoms with Crippen molar-refractivity contribution in [1.82, 2.24) is 9.88 Å². The number of morpholine rings is 1. The van der Waals surface area contributed by atoms with Crippen LogP contribution < -0.4 is 5.32 Å². The highest BCUT2D eigenvalue weighted by Crippen LogP contribution is 2.18. The summed E-state index contributed by atoms with van der Waals surface area (Å²) in [6, 6.07) is 0. The molecule has 0 spiro atoms. The van der Waals surface area contributed by atoms with Crippen molar-refractivity contribution in [1.29, 1.82) is 0 Å². The molecule has 2 heterocycles. The van der Waals surface area contributed by atoms with Crippen molar-refractivity contribution in [2.45, 2.75) is 13.0 Å².